The van der Waals surface area contributed by atoms with Crippen LogP contribution in [-0.2, 0) is 11.2 Å². The number of ether oxygens (including phenoxy) is 2. The van der Waals surface area contributed by atoms with Gasteiger partial charge in [-0.05, 0) is 24.5 Å². The Hall–Kier alpha value is -1.02. The van der Waals surface area contributed by atoms with E-state index in [2.05, 4.69) is 12.1 Å². The smallest absolute Gasteiger partial charge is 0.199 e. The summed E-state index contributed by atoms with van der Waals surface area (Å²) >= 11 is 0. The molecule has 1 aromatic carbocycles. The average Bonchev–Trinajstić information content (AvgIpc) is 2.38. The molecule has 0 fully saturated rings. The van der Waals surface area contributed by atoms with Crippen LogP contribution in [0.5, 0.6) is 5.75 Å². The predicted molar refractivity (Wildman–Crippen MR) is 50.8 cm³/mol. The number of hydrogen-bond donors (Lipinski definition) is 0. The summed E-state index contributed by atoms with van der Waals surface area (Å²) in [6.45, 7) is 0. The van der Waals surface area contributed by atoms with Crippen molar-refractivity contribution in [1.29, 1.82) is 0 Å². The van der Waals surface area contributed by atoms with Crippen molar-refractivity contribution in [3.63, 3.8) is 0 Å². The van der Waals surface area contributed by atoms with Crippen LogP contribution in [0.15, 0.2) is 24.3 Å². The third-order valence-electron chi connectivity index (χ3n) is 2.38. The number of benzene rings is 1. The molecule has 0 aliphatic carbocycles. The minimum Gasteiger partial charge on any atom is -0.465 e. The molecule has 0 radical (unpaired) electrons. The van der Waals surface area contributed by atoms with Crippen molar-refractivity contribution in [2.24, 2.45) is 0 Å². The molecule has 2 heteroatoms. The van der Waals surface area contributed by atoms with Crippen molar-refractivity contribution in [2.45, 2.75) is 25.6 Å². The van der Waals surface area contributed by atoms with Gasteiger partial charge in [-0.15, -0.1) is 0 Å². The Balaban J connectivity index is 2.23. The van der Waals surface area contributed by atoms with Gasteiger partial charge in [0, 0.05) is 13.5 Å². The highest BCUT2D eigenvalue weighted by atomic mass is 16.7. The van der Waals surface area contributed by atoms with E-state index in [1.54, 1.807) is 7.11 Å². The van der Waals surface area contributed by atoms with E-state index in [-0.39, 0.29) is 6.29 Å². The first-order valence-electron chi connectivity index (χ1n) is 4.67. The molecule has 0 saturated carbocycles. The molecule has 0 saturated heterocycles. The van der Waals surface area contributed by atoms with Gasteiger partial charge in [0.1, 0.15) is 5.75 Å². The summed E-state index contributed by atoms with van der Waals surface area (Å²) in [6.07, 6.45) is 3.14. The molecular weight excluding hydrogens is 164 g/mol. The summed E-state index contributed by atoms with van der Waals surface area (Å²) in [5.41, 5.74) is 1.29. The minimum absolute atomic E-state index is 0.0661. The monoisotopic (exact) mass is 178 g/mol. The Morgan fingerprint density at radius 3 is 3.08 bits per heavy atom. The molecule has 1 aromatic rings. The quantitative estimate of drug-likeness (QED) is 0.657. The SMILES string of the molecule is COC1CCCc2ccccc2O1. The number of aryl methyl sites for hydroxylation is 1. The van der Waals surface area contributed by atoms with E-state index in [0.717, 1.165) is 25.0 Å². The van der Waals surface area contributed by atoms with Gasteiger partial charge in [-0.1, -0.05) is 18.2 Å². The fourth-order valence-corrected chi connectivity index (χ4v) is 1.65. The fourth-order valence-electron chi connectivity index (χ4n) is 1.65. The Morgan fingerprint density at radius 1 is 1.38 bits per heavy atom. The van der Waals surface area contributed by atoms with Crippen molar-refractivity contribution in [1.82, 2.24) is 0 Å². The number of para-hydroxylation sites is 1. The highest BCUT2D eigenvalue weighted by Gasteiger charge is 2.15. The van der Waals surface area contributed by atoms with Crippen molar-refractivity contribution in [2.75, 3.05) is 7.11 Å². The molecule has 2 rings (SSSR count). The maximum atomic E-state index is 5.68. The van der Waals surface area contributed by atoms with Gasteiger partial charge in [0.25, 0.3) is 0 Å². The molecule has 1 heterocycles. The second kappa shape index (κ2) is 3.79. The van der Waals surface area contributed by atoms with E-state index in [1.165, 1.54) is 5.56 Å². The molecule has 1 unspecified atom stereocenters. The first kappa shape index (κ1) is 8.57. The Kier molecular flexibility index (Phi) is 2.50. The van der Waals surface area contributed by atoms with E-state index < -0.39 is 0 Å². The first-order valence-corrected chi connectivity index (χ1v) is 4.67. The van der Waals surface area contributed by atoms with Crippen LogP contribution in [0.4, 0.5) is 0 Å². The lowest BCUT2D eigenvalue weighted by Gasteiger charge is -2.14. The molecular formula is C11H14O2. The van der Waals surface area contributed by atoms with Crippen molar-refractivity contribution >= 4 is 0 Å². The summed E-state index contributed by atoms with van der Waals surface area (Å²) in [6, 6.07) is 8.17. The van der Waals surface area contributed by atoms with Gasteiger partial charge in [-0.25, -0.2) is 0 Å². The van der Waals surface area contributed by atoms with Gasteiger partial charge in [-0.2, -0.15) is 0 Å². The largest absolute Gasteiger partial charge is 0.465 e. The molecule has 0 spiro atoms. The lowest BCUT2D eigenvalue weighted by atomic mass is 10.1. The fraction of sp³-hybridized carbons (Fsp3) is 0.455. The van der Waals surface area contributed by atoms with Crippen LogP contribution in [0.25, 0.3) is 0 Å². The molecule has 0 aromatic heterocycles. The van der Waals surface area contributed by atoms with Crippen molar-refractivity contribution in [3.05, 3.63) is 29.8 Å². The summed E-state index contributed by atoms with van der Waals surface area (Å²) in [5.74, 6) is 0.979. The van der Waals surface area contributed by atoms with Gasteiger partial charge < -0.3 is 9.47 Å². The van der Waals surface area contributed by atoms with Crippen LogP contribution >= 0.6 is 0 Å². The number of hydrogen-bond acceptors (Lipinski definition) is 2. The third-order valence-corrected chi connectivity index (χ3v) is 2.38. The van der Waals surface area contributed by atoms with Crippen LogP contribution in [0, 0.1) is 0 Å². The van der Waals surface area contributed by atoms with E-state index in [1.807, 2.05) is 12.1 Å². The van der Waals surface area contributed by atoms with E-state index in [9.17, 15) is 0 Å². The Labute approximate surface area is 78.5 Å². The lowest BCUT2D eigenvalue weighted by molar-refractivity contribution is -0.0561. The van der Waals surface area contributed by atoms with E-state index >= 15 is 0 Å². The topological polar surface area (TPSA) is 18.5 Å². The first-order chi connectivity index (χ1) is 6.40. The van der Waals surface area contributed by atoms with Gasteiger partial charge in [0.05, 0.1) is 0 Å². The molecule has 0 bridgehead atoms. The molecule has 0 amide bonds. The maximum absolute atomic E-state index is 5.68. The molecule has 1 atom stereocenters. The van der Waals surface area contributed by atoms with E-state index in [4.69, 9.17) is 9.47 Å². The predicted octanol–water partition coefficient (Wildman–Crippen LogP) is 2.37. The number of fused-ring (bicyclic) bond motifs is 1. The Morgan fingerprint density at radius 2 is 2.23 bits per heavy atom. The molecule has 2 nitrogen and oxygen atoms in total. The zero-order chi connectivity index (χ0) is 9.10. The Bertz CT molecular complexity index is 283. The number of rotatable bonds is 1. The van der Waals surface area contributed by atoms with Crippen LogP contribution < -0.4 is 4.74 Å². The summed E-state index contributed by atoms with van der Waals surface area (Å²) in [4.78, 5) is 0. The summed E-state index contributed by atoms with van der Waals surface area (Å²) < 4.78 is 10.9. The molecule has 1 aliphatic heterocycles. The van der Waals surface area contributed by atoms with Gasteiger partial charge in [0.15, 0.2) is 6.29 Å². The third kappa shape index (κ3) is 1.83. The molecule has 0 N–H and O–H groups in total. The molecule has 13 heavy (non-hydrogen) atoms. The van der Waals surface area contributed by atoms with Crippen molar-refractivity contribution in [3.8, 4) is 5.75 Å². The second-order valence-corrected chi connectivity index (χ2v) is 3.28. The minimum atomic E-state index is -0.0661. The van der Waals surface area contributed by atoms with Gasteiger partial charge in [0.2, 0.25) is 0 Å². The van der Waals surface area contributed by atoms with Crippen LogP contribution in [0.1, 0.15) is 18.4 Å². The van der Waals surface area contributed by atoms with Crippen molar-refractivity contribution < 1.29 is 9.47 Å². The molecule has 1 aliphatic rings. The summed E-state index contributed by atoms with van der Waals surface area (Å²) in [7, 11) is 1.69. The number of methoxy groups -OCH3 is 1. The standard InChI is InChI=1S/C11H14O2/c1-12-11-8-4-6-9-5-2-3-7-10(9)13-11/h2-3,5,7,11H,4,6,8H2,1H3. The zero-order valence-electron chi connectivity index (χ0n) is 7.82. The van der Waals surface area contributed by atoms with Gasteiger partial charge >= 0.3 is 0 Å². The van der Waals surface area contributed by atoms with Crippen LogP contribution in [0.2, 0.25) is 0 Å². The highest BCUT2D eigenvalue weighted by molar-refractivity contribution is 5.33. The second-order valence-electron chi connectivity index (χ2n) is 3.28. The average molecular weight is 178 g/mol. The van der Waals surface area contributed by atoms with Crippen LogP contribution in [-0.4, -0.2) is 13.4 Å². The highest BCUT2D eigenvalue weighted by Crippen LogP contribution is 2.26. The maximum Gasteiger partial charge on any atom is 0.199 e. The normalized spacial score (nSPS) is 21.5. The molecule has 70 valence electrons. The lowest BCUT2D eigenvalue weighted by Crippen LogP contribution is -2.17. The summed E-state index contributed by atoms with van der Waals surface area (Å²) in [5, 5.41) is 0. The van der Waals surface area contributed by atoms with Gasteiger partial charge in [-0.3, -0.25) is 0 Å². The zero-order valence-corrected chi connectivity index (χ0v) is 7.82. The van der Waals surface area contributed by atoms with Crippen LogP contribution in [0.3, 0.4) is 0 Å². The van der Waals surface area contributed by atoms with E-state index in [0.29, 0.717) is 0 Å².